The zero-order valence-corrected chi connectivity index (χ0v) is 8.29. The van der Waals surface area contributed by atoms with Gasteiger partial charge in [0.05, 0.1) is 0 Å². The molecular weight excluding hydrogens is 180 g/mol. The molecule has 1 saturated carbocycles. The van der Waals surface area contributed by atoms with Crippen molar-refractivity contribution in [2.75, 3.05) is 13.1 Å². The van der Waals surface area contributed by atoms with Gasteiger partial charge in [-0.1, -0.05) is 0 Å². The van der Waals surface area contributed by atoms with E-state index < -0.39 is 0 Å². The minimum absolute atomic E-state index is 0.00132. The fraction of sp³-hybridized carbons (Fsp3) is 0.800. The Morgan fingerprint density at radius 1 is 1.21 bits per heavy atom. The van der Waals surface area contributed by atoms with Crippen molar-refractivity contribution in [1.29, 1.82) is 0 Å². The molecule has 0 atom stereocenters. The summed E-state index contributed by atoms with van der Waals surface area (Å²) in [5.41, 5.74) is 0. The molecule has 0 aromatic carbocycles. The smallest absolute Gasteiger partial charge is 0.229 e. The number of likely N-dealkylation sites (tertiary alicyclic amines) is 1. The van der Waals surface area contributed by atoms with Gasteiger partial charge in [-0.05, 0) is 25.8 Å². The van der Waals surface area contributed by atoms with E-state index >= 15 is 0 Å². The molecule has 1 aliphatic carbocycles. The van der Waals surface area contributed by atoms with Crippen molar-refractivity contribution in [3.05, 3.63) is 0 Å². The van der Waals surface area contributed by atoms with E-state index in [-0.39, 0.29) is 11.8 Å². The molecule has 2 rings (SSSR count). The number of rotatable bonds is 5. The SMILES string of the molecule is O=C1CCC(=O)N1CCCNC1CC1. The molecule has 2 fully saturated rings. The molecule has 0 spiro atoms. The van der Waals surface area contributed by atoms with E-state index in [1.165, 1.54) is 17.7 Å². The maximum absolute atomic E-state index is 11.2. The lowest BCUT2D eigenvalue weighted by atomic mass is 10.4. The van der Waals surface area contributed by atoms with Crippen molar-refractivity contribution in [2.24, 2.45) is 0 Å². The van der Waals surface area contributed by atoms with Crippen LogP contribution >= 0.6 is 0 Å². The van der Waals surface area contributed by atoms with Gasteiger partial charge in [0.15, 0.2) is 0 Å². The summed E-state index contributed by atoms with van der Waals surface area (Å²) in [5.74, 6) is 0.00263. The Morgan fingerprint density at radius 2 is 1.86 bits per heavy atom. The first-order valence-corrected chi connectivity index (χ1v) is 5.34. The fourth-order valence-electron chi connectivity index (χ4n) is 1.70. The van der Waals surface area contributed by atoms with Gasteiger partial charge in [-0.2, -0.15) is 0 Å². The third-order valence-corrected chi connectivity index (χ3v) is 2.72. The number of carbonyl (C=O) groups is 2. The molecule has 1 aliphatic heterocycles. The zero-order chi connectivity index (χ0) is 9.97. The van der Waals surface area contributed by atoms with E-state index in [2.05, 4.69) is 5.32 Å². The number of hydrogen-bond donors (Lipinski definition) is 1. The van der Waals surface area contributed by atoms with Crippen molar-refractivity contribution in [2.45, 2.75) is 38.1 Å². The minimum Gasteiger partial charge on any atom is -0.314 e. The molecule has 1 N–H and O–H groups in total. The van der Waals surface area contributed by atoms with Gasteiger partial charge in [0.2, 0.25) is 11.8 Å². The first-order valence-electron chi connectivity index (χ1n) is 5.34. The lowest BCUT2D eigenvalue weighted by molar-refractivity contribution is -0.138. The average Bonchev–Trinajstić information content (AvgIpc) is 2.93. The summed E-state index contributed by atoms with van der Waals surface area (Å²) in [7, 11) is 0. The topological polar surface area (TPSA) is 49.4 Å². The van der Waals surface area contributed by atoms with Gasteiger partial charge in [-0.25, -0.2) is 0 Å². The second-order valence-electron chi connectivity index (χ2n) is 4.02. The standard InChI is InChI=1S/C10H16N2O2/c13-9-4-5-10(14)12(9)7-1-6-11-8-2-3-8/h8,11H,1-7H2. The second kappa shape index (κ2) is 4.09. The van der Waals surface area contributed by atoms with E-state index in [0.29, 0.717) is 25.4 Å². The Kier molecular flexibility index (Phi) is 2.82. The summed E-state index contributed by atoms with van der Waals surface area (Å²) in [6.45, 7) is 1.51. The van der Waals surface area contributed by atoms with Gasteiger partial charge < -0.3 is 5.32 Å². The minimum atomic E-state index is 0.00132. The second-order valence-corrected chi connectivity index (χ2v) is 4.02. The van der Waals surface area contributed by atoms with E-state index in [9.17, 15) is 9.59 Å². The Bertz CT molecular complexity index is 233. The third kappa shape index (κ3) is 2.32. The predicted molar refractivity (Wildman–Crippen MR) is 51.6 cm³/mol. The first kappa shape index (κ1) is 9.65. The van der Waals surface area contributed by atoms with Crippen molar-refractivity contribution in [3.8, 4) is 0 Å². The monoisotopic (exact) mass is 196 g/mol. The molecule has 0 radical (unpaired) electrons. The van der Waals surface area contributed by atoms with Crippen LogP contribution in [0, 0.1) is 0 Å². The van der Waals surface area contributed by atoms with Crippen molar-refractivity contribution >= 4 is 11.8 Å². The predicted octanol–water partition coefficient (Wildman–Crippen LogP) is 0.278. The Morgan fingerprint density at radius 3 is 2.43 bits per heavy atom. The highest BCUT2D eigenvalue weighted by Gasteiger charge is 2.28. The van der Waals surface area contributed by atoms with Crippen LogP contribution in [0.3, 0.4) is 0 Å². The molecule has 2 aliphatic rings. The molecule has 1 saturated heterocycles. The number of imide groups is 1. The van der Waals surface area contributed by atoms with Crippen molar-refractivity contribution in [3.63, 3.8) is 0 Å². The Labute approximate surface area is 83.6 Å². The highest BCUT2D eigenvalue weighted by molar-refractivity contribution is 6.01. The van der Waals surface area contributed by atoms with E-state index in [0.717, 1.165) is 13.0 Å². The van der Waals surface area contributed by atoms with Crippen LogP contribution < -0.4 is 5.32 Å². The van der Waals surface area contributed by atoms with Crippen molar-refractivity contribution in [1.82, 2.24) is 10.2 Å². The highest BCUT2D eigenvalue weighted by atomic mass is 16.2. The highest BCUT2D eigenvalue weighted by Crippen LogP contribution is 2.18. The fourth-order valence-corrected chi connectivity index (χ4v) is 1.70. The van der Waals surface area contributed by atoms with Crippen LogP contribution in [0.4, 0.5) is 0 Å². The van der Waals surface area contributed by atoms with Crippen LogP contribution in [0.1, 0.15) is 32.1 Å². The van der Waals surface area contributed by atoms with Gasteiger partial charge in [-0.15, -0.1) is 0 Å². The molecule has 2 amide bonds. The molecule has 78 valence electrons. The molecule has 0 aromatic rings. The number of hydrogen-bond acceptors (Lipinski definition) is 3. The van der Waals surface area contributed by atoms with E-state index in [4.69, 9.17) is 0 Å². The number of carbonyl (C=O) groups excluding carboxylic acids is 2. The molecule has 0 bridgehead atoms. The maximum atomic E-state index is 11.2. The Balaban J connectivity index is 1.63. The summed E-state index contributed by atoms with van der Waals surface area (Å²) in [5, 5.41) is 3.36. The molecular formula is C10H16N2O2. The largest absolute Gasteiger partial charge is 0.314 e. The maximum Gasteiger partial charge on any atom is 0.229 e. The molecule has 4 heteroatoms. The van der Waals surface area contributed by atoms with Crippen LogP contribution in [0.5, 0.6) is 0 Å². The van der Waals surface area contributed by atoms with Crippen LogP contribution in [0.15, 0.2) is 0 Å². The summed E-state index contributed by atoms with van der Waals surface area (Å²) in [4.78, 5) is 23.8. The molecule has 4 nitrogen and oxygen atoms in total. The first-order chi connectivity index (χ1) is 6.77. The van der Waals surface area contributed by atoms with Crippen LogP contribution in [-0.4, -0.2) is 35.8 Å². The van der Waals surface area contributed by atoms with Gasteiger partial charge in [0, 0.05) is 25.4 Å². The molecule has 0 unspecified atom stereocenters. The van der Waals surface area contributed by atoms with Gasteiger partial charge in [0.1, 0.15) is 0 Å². The molecule has 0 aromatic heterocycles. The number of nitrogens with zero attached hydrogens (tertiary/aromatic N) is 1. The third-order valence-electron chi connectivity index (χ3n) is 2.72. The van der Waals surface area contributed by atoms with Gasteiger partial charge in [0.25, 0.3) is 0 Å². The molecule has 14 heavy (non-hydrogen) atoms. The lowest BCUT2D eigenvalue weighted by Gasteiger charge is -2.13. The van der Waals surface area contributed by atoms with Crippen LogP contribution in [0.25, 0.3) is 0 Å². The summed E-state index contributed by atoms with van der Waals surface area (Å²) in [6, 6.07) is 0.708. The van der Waals surface area contributed by atoms with Crippen LogP contribution in [0.2, 0.25) is 0 Å². The van der Waals surface area contributed by atoms with E-state index in [1.807, 2.05) is 0 Å². The van der Waals surface area contributed by atoms with Gasteiger partial charge >= 0.3 is 0 Å². The Hall–Kier alpha value is -0.900. The number of amides is 2. The normalized spacial score (nSPS) is 22.1. The summed E-state index contributed by atoms with van der Waals surface area (Å²) in [6.07, 6.45) is 4.26. The summed E-state index contributed by atoms with van der Waals surface area (Å²) < 4.78 is 0. The quantitative estimate of drug-likeness (QED) is 0.507. The van der Waals surface area contributed by atoms with Crippen molar-refractivity contribution < 1.29 is 9.59 Å². The number of nitrogens with one attached hydrogen (secondary N) is 1. The van der Waals surface area contributed by atoms with E-state index in [1.54, 1.807) is 0 Å². The summed E-state index contributed by atoms with van der Waals surface area (Å²) >= 11 is 0. The van der Waals surface area contributed by atoms with Crippen LogP contribution in [-0.2, 0) is 9.59 Å². The zero-order valence-electron chi connectivity index (χ0n) is 8.29. The van der Waals surface area contributed by atoms with Gasteiger partial charge in [-0.3, -0.25) is 14.5 Å². The lowest BCUT2D eigenvalue weighted by Crippen LogP contribution is -2.32. The average molecular weight is 196 g/mol. The molecule has 1 heterocycles.